The summed E-state index contributed by atoms with van der Waals surface area (Å²) in [6.45, 7) is 4.78. The third-order valence-electron chi connectivity index (χ3n) is 3.40. The van der Waals surface area contributed by atoms with E-state index in [4.69, 9.17) is 28.7 Å². The van der Waals surface area contributed by atoms with Gasteiger partial charge in [0.15, 0.2) is 6.10 Å². The van der Waals surface area contributed by atoms with Crippen LogP contribution in [0.15, 0.2) is 24.3 Å². The van der Waals surface area contributed by atoms with E-state index in [9.17, 15) is 19.2 Å². The lowest BCUT2D eigenvalue weighted by molar-refractivity contribution is -0.573. The number of carbonyl (C=O) groups excluding carboxylic acids is 4. The smallest absolute Gasteiger partial charge is 0.422 e. The van der Waals surface area contributed by atoms with Crippen LogP contribution in [-0.2, 0) is 48.1 Å². The molecule has 2 saturated heterocycles. The molecule has 2 heterocycles. The third-order valence-corrected chi connectivity index (χ3v) is 3.40. The maximum Gasteiger partial charge on any atom is 0.516 e. The average molecular weight is 402 g/mol. The highest BCUT2D eigenvalue weighted by atomic mass is 17.4. The van der Waals surface area contributed by atoms with Crippen molar-refractivity contribution in [2.24, 2.45) is 0 Å². The Labute approximate surface area is 158 Å². The predicted molar refractivity (Wildman–Crippen MR) is 83.3 cm³/mol. The molecule has 2 fully saturated rings. The Morgan fingerprint density at radius 1 is 0.964 bits per heavy atom. The first-order valence-corrected chi connectivity index (χ1v) is 8.18. The van der Waals surface area contributed by atoms with Crippen LogP contribution in [0, 0.1) is 0 Å². The van der Waals surface area contributed by atoms with Crippen molar-refractivity contribution in [2.75, 3.05) is 0 Å². The van der Waals surface area contributed by atoms with Gasteiger partial charge in [0.2, 0.25) is 0 Å². The first-order chi connectivity index (χ1) is 13.3. The molecule has 0 aromatic heterocycles. The molecule has 0 aliphatic carbocycles. The van der Waals surface area contributed by atoms with Gasteiger partial charge in [-0.25, -0.2) is 19.2 Å². The van der Waals surface area contributed by atoms with Crippen molar-refractivity contribution in [1.82, 2.24) is 0 Å². The van der Waals surface area contributed by atoms with Gasteiger partial charge in [0.1, 0.15) is 0 Å². The van der Waals surface area contributed by atoms with E-state index in [1.807, 2.05) is 0 Å². The van der Waals surface area contributed by atoms with E-state index in [0.29, 0.717) is 6.42 Å². The van der Waals surface area contributed by atoms with E-state index in [-0.39, 0.29) is 6.42 Å². The summed E-state index contributed by atoms with van der Waals surface area (Å²) >= 11 is 0. The molecular formula is C16H18O12. The van der Waals surface area contributed by atoms with Gasteiger partial charge in [-0.2, -0.15) is 0 Å². The zero-order valence-corrected chi connectivity index (χ0v) is 15.2. The lowest BCUT2D eigenvalue weighted by Crippen LogP contribution is -2.61. The summed E-state index contributed by atoms with van der Waals surface area (Å²) in [4.78, 5) is 65.4. The summed E-state index contributed by atoms with van der Waals surface area (Å²) in [5.74, 6) is -7.53. The van der Waals surface area contributed by atoms with E-state index < -0.39 is 42.1 Å². The van der Waals surface area contributed by atoms with Gasteiger partial charge >= 0.3 is 36.0 Å². The molecule has 0 aromatic carbocycles. The predicted octanol–water partition coefficient (Wildman–Crippen LogP) is 1.94. The second-order valence-corrected chi connectivity index (χ2v) is 5.40. The van der Waals surface area contributed by atoms with Crippen molar-refractivity contribution in [3.63, 3.8) is 0 Å². The zero-order valence-electron chi connectivity index (χ0n) is 15.2. The number of rotatable bonds is 8. The fourth-order valence-electron chi connectivity index (χ4n) is 2.34. The van der Waals surface area contributed by atoms with Crippen LogP contribution >= 0.6 is 0 Å². The molecule has 2 unspecified atom stereocenters. The molecule has 12 nitrogen and oxygen atoms in total. The van der Waals surface area contributed by atoms with Crippen molar-refractivity contribution in [1.29, 1.82) is 0 Å². The second-order valence-electron chi connectivity index (χ2n) is 5.40. The third kappa shape index (κ3) is 4.07. The van der Waals surface area contributed by atoms with Gasteiger partial charge in [-0.1, -0.05) is 35.3 Å². The molecule has 0 radical (unpaired) electrons. The lowest BCUT2D eigenvalue weighted by atomic mass is 10.0. The van der Waals surface area contributed by atoms with Crippen LogP contribution in [0.4, 0.5) is 9.59 Å². The van der Waals surface area contributed by atoms with Crippen molar-refractivity contribution in [3.05, 3.63) is 24.3 Å². The first kappa shape index (κ1) is 21.2. The number of hydrogen-bond donors (Lipinski definition) is 0. The standard InChI is InChI=1S/C16H18O12/c1-4-7-10-15(22-13(19)21-10)16(24-14(20)23-15,27-25-11(17)8-5-2)28-26-12(18)9-6-3/h5-6,8-10H,4,7H2,1-3H3/b8-5+,9-6+. The molecule has 2 aliphatic rings. The zero-order chi connectivity index (χ0) is 20.8. The maximum atomic E-state index is 11.9. The molecule has 2 rings (SSSR count). The van der Waals surface area contributed by atoms with Gasteiger partial charge < -0.3 is 18.9 Å². The minimum absolute atomic E-state index is 0.0997. The Morgan fingerprint density at radius 3 is 2.00 bits per heavy atom. The van der Waals surface area contributed by atoms with Crippen LogP contribution in [0.2, 0.25) is 0 Å². The Morgan fingerprint density at radius 2 is 1.50 bits per heavy atom. The van der Waals surface area contributed by atoms with Crippen LogP contribution in [0.5, 0.6) is 0 Å². The summed E-state index contributed by atoms with van der Waals surface area (Å²) in [6.07, 6.45) is 1.16. The number of allylic oxidation sites excluding steroid dienone is 2. The van der Waals surface area contributed by atoms with Crippen LogP contribution in [-0.4, -0.2) is 42.1 Å². The van der Waals surface area contributed by atoms with E-state index in [1.54, 1.807) is 6.92 Å². The molecule has 0 aromatic rings. The molecule has 2 atom stereocenters. The van der Waals surface area contributed by atoms with Gasteiger partial charge in [0.05, 0.1) is 0 Å². The number of cyclic esters (lactones) is 2. The van der Waals surface area contributed by atoms with E-state index in [1.165, 1.54) is 26.0 Å². The molecule has 2 aliphatic heterocycles. The van der Waals surface area contributed by atoms with Crippen molar-refractivity contribution >= 4 is 24.2 Å². The minimum atomic E-state index is -2.94. The Kier molecular flexibility index (Phi) is 6.59. The monoisotopic (exact) mass is 402 g/mol. The van der Waals surface area contributed by atoms with Gasteiger partial charge in [0, 0.05) is 12.2 Å². The summed E-state index contributed by atoms with van der Waals surface area (Å²) < 4.78 is 19.7. The van der Waals surface area contributed by atoms with Gasteiger partial charge in [-0.15, -0.1) is 0 Å². The van der Waals surface area contributed by atoms with Crippen molar-refractivity contribution in [2.45, 2.75) is 51.5 Å². The summed E-state index contributed by atoms with van der Waals surface area (Å²) in [6, 6.07) is 0. The minimum Gasteiger partial charge on any atom is -0.422 e. The quantitative estimate of drug-likeness (QED) is 0.192. The molecule has 0 bridgehead atoms. The van der Waals surface area contributed by atoms with Gasteiger partial charge in [0.25, 0.3) is 0 Å². The molecule has 0 saturated carbocycles. The van der Waals surface area contributed by atoms with E-state index in [0.717, 1.165) is 12.2 Å². The second kappa shape index (κ2) is 8.71. The normalized spacial score (nSPS) is 25.5. The molecule has 0 N–H and O–H groups in total. The highest BCUT2D eigenvalue weighted by molar-refractivity contribution is 5.81. The van der Waals surface area contributed by atoms with E-state index >= 15 is 0 Å². The number of ether oxygens (including phenoxy) is 4. The summed E-state index contributed by atoms with van der Waals surface area (Å²) in [5, 5.41) is 0. The topological polar surface area (TPSA) is 142 Å². The molecule has 12 heteroatoms. The van der Waals surface area contributed by atoms with Crippen molar-refractivity contribution < 1.29 is 57.7 Å². The largest absolute Gasteiger partial charge is 0.516 e. The Hall–Kier alpha value is -3.12. The van der Waals surface area contributed by atoms with Gasteiger partial charge in [-0.3, -0.25) is 9.78 Å². The fourth-order valence-corrected chi connectivity index (χ4v) is 2.34. The average Bonchev–Trinajstić information content (AvgIpc) is 3.09. The van der Waals surface area contributed by atoms with Crippen LogP contribution in [0.3, 0.4) is 0 Å². The Balaban J connectivity index is 2.40. The maximum absolute atomic E-state index is 11.9. The highest BCUT2D eigenvalue weighted by Gasteiger charge is 2.81. The summed E-state index contributed by atoms with van der Waals surface area (Å²) in [5.41, 5.74) is 0. The van der Waals surface area contributed by atoms with Crippen molar-refractivity contribution in [3.8, 4) is 0 Å². The SMILES string of the molecule is C/C=C/C(=O)OOC1(OOC(=O)/C=C/C)OC(=O)OC12OC(=O)OC2CCC. The summed E-state index contributed by atoms with van der Waals surface area (Å²) in [7, 11) is 0. The van der Waals surface area contributed by atoms with Gasteiger partial charge in [-0.05, 0) is 20.3 Å². The first-order valence-electron chi connectivity index (χ1n) is 8.18. The molecule has 1 spiro atoms. The van der Waals surface area contributed by atoms with Crippen LogP contribution < -0.4 is 0 Å². The molecule has 28 heavy (non-hydrogen) atoms. The molecule has 154 valence electrons. The van der Waals surface area contributed by atoms with E-state index in [2.05, 4.69) is 9.78 Å². The molecule has 0 amide bonds. The number of hydrogen-bond acceptors (Lipinski definition) is 12. The highest BCUT2D eigenvalue weighted by Crippen LogP contribution is 2.48. The fraction of sp³-hybridized carbons (Fsp3) is 0.500. The van der Waals surface area contributed by atoms with Crippen LogP contribution in [0.1, 0.15) is 33.6 Å². The number of carbonyl (C=O) groups is 4. The van der Waals surface area contributed by atoms with Crippen LogP contribution in [0.25, 0.3) is 0 Å². The lowest BCUT2D eigenvalue weighted by Gasteiger charge is -2.32. The Bertz CT molecular complexity index is 664. The molecular weight excluding hydrogens is 384 g/mol.